The minimum absolute atomic E-state index is 0.416. The van der Waals surface area contributed by atoms with E-state index in [1.54, 1.807) is 18.4 Å². The van der Waals surface area contributed by atoms with Crippen molar-refractivity contribution in [2.45, 2.75) is 39.3 Å². The number of nitrogens with zero attached hydrogens (tertiary/aromatic N) is 4. The van der Waals surface area contributed by atoms with Crippen LogP contribution in [0, 0.1) is 5.92 Å². The second-order valence-electron chi connectivity index (χ2n) is 9.87. The van der Waals surface area contributed by atoms with Crippen LogP contribution in [0.25, 0.3) is 44.2 Å². The summed E-state index contributed by atoms with van der Waals surface area (Å²) >= 11 is 5.16. The van der Waals surface area contributed by atoms with E-state index in [0.717, 1.165) is 61.5 Å². The molecule has 0 fully saturated rings. The molecule has 0 aliphatic rings. The number of fused-ring (bicyclic) bond motifs is 2. The molecule has 194 valence electrons. The number of hydrogen-bond donors (Lipinski definition) is 1. The van der Waals surface area contributed by atoms with Gasteiger partial charge in [0, 0.05) is 24.5 Å². The first-order chi connectivity index (χ1) is 17.9. The molecule has 1 N–H and O–H groups in total. The third-order valence-electron chi connectivity index (χ3n) is 6.71. The lowest BCUT2D eigenvalue weighted by atomic mass is 9.97. The zero-order valence-electron chi connectivity index (χ0n) is 21.6. The molecular weight excluding hydrogens is 550 g/mol. The summed E-state index contributed by atoms with van der Waals surface area (Å²) in [5.41, 5.74) is 7.38. The van der Waals surface area contributed by atoms with Crippen LogP contribution in [0.5, 0.6) is 0 Å². The van der Waals surface area contributed by atoms with Crippen molar-refractivity contribution in [2.24, 2.45) is 5.92 Å². The number of alkyl halides is 1. The van der Waals surface area contributed by atoms with E-state index < -0.39 is 5.60 Å². The fourth-order valence-corrected chi connectivity index (χ4v) is 5.85. The zero-order chi connectivity index (χ0) is 26.0. The minimum Gasteiger partial charge on any atom is -0.383 e. The van der Waals surface area contributed by atoms with E-state index in [1.807, 2.05) is 11.7 Å². The van der Waals surface area contributed by atoms with Crippen LogP contribution in [-0.2, 0) is 21.6 Å². The molecule has 0 amide bonds. The van der Waals surface area contributed by atoms with Gasteiger partial charge in [0.1, 0.15) is 11.5 Å². The van der Waals surface area contributed by atoms with Crippen molar-refractivity contribution in [1.29, 1.82) is 0 Å². The third-order valence-corrected chi connectivity index (χ3v) is 7.98. The summed E-state index contributed by atoms with van der Waals surface area (Å²) in [7, 11) is 1.72. The number of halogens is 1. The van der Waals surface area contributed by atoms with Gasteiger partial charge in [-0.3, -0.25) is 0 Å². The Morgan fingerprint density at radius 1 is 1.14 bits per heavy atom. The highest BCUT2D eigenvalue weighted by Gasteiger charge is 2.24. The number of methoxy groups -OCH3 is 1. The van der Waals surface area contributed by atoms with Gasteiger partial charge >= 0.3 is 0 Å². The minimum atomic E-state index is -0.416. The number of nitrogens with one attached hydrogen (secondary N) is 1. The molecule has 2 aromatic carbocycles. The van der Waals surface area contributed by atoms with Gasteiger partial charge in [0.2, 0.25) is 0 Å². The molecule has 0 saturated heterocycles. The Hall–Kier alpha value is -2.59. The van der Waals surface area contributed by atoms with E-state index in [-0.39, 0.29) is 0 Å². The van der Waals surface area contributed by atoms with E-state index in [4.69, 9.17) is 14.5 Å². The van der Waals surface area contributed by atoms with E-state index >= 15 is 0 Å². The molecule has 1 atom stereocenters. The maximum atomic E-state index is 6.35. The molecule has 0 aliphatic carbocycles. The van der Waals surface area contributed by atoms with Crippen molar-refractivity contribution in [3.63, 3.8) is 0 Å². The van der Waals surface area contributed by atoms with Gasteiger partial charge in [-0.1, -0.05) is 28.9 Å². The molecule has 0 radical (unpaired) electrons. The molecule has 5 aromatic rings. The van der Waals surface area contributed by atoms with E-state index in [9.17, 15) is 0 Å². The molecule has 37 heavy (non-hydrogen) atoms. The van der Waals surface area contributed by atoms with E-state index in [2.05, 4.69) is 92.6 Å². The highest BCUT2D eigenvalue weighted by atomic mass is 79.9. The van der Waals surface area contributed by atoms with Crippen LogP contribution in [-0.4, -0.2) is 50.2 Å². The van der Waals surface area contributed by atoms with Gasteiger partial charge in [0.25, 0.3) is 0 Å². The molecule has 9 heteroatoms. The topological polar surface area (TPSA) is 77.9 Å². The molecule has 7 nitrogen and oxygen atoms in total. The Morgan fingerprint density at radius 3 is 2.81 bits per heavy atom. The number of imidazole rings is 2. The van der Waals surface area contributed by atoms with Gasteiger partial charge in [0.05, 0.1) is 51.8 Å². The lowest BCUT2D eigenvalue weighted by Gasteiger charge is -2.27. The summed E-state index contributed by atoms with van der Waals surface area (Å²) in [5.74, 6) is 2.12. The average molecular weight is 583 g/mol. The highest BCUT2D eigenvalue weighted by Crippen LogP contribution is 2.32. The second-order valence-corrected chi connectivity index (χ2v) is 11.5. The van der Waals surface area contributed by atoms with Gasteiger partial charge in [-0.2, -0.15) is 0 Å². The number of benzene rings is 2. The van der Waals surface area contributed by atoms with Crippen molar-refractivity contribution in [3.05, 3.63) is 53.7 Å². The summed E-state index contributed by atoms with van der Waals surface area (Å²) < 4.78 is 15.1. The molecule has 0 spiro atoms. The van der Waals surface area contributed by atoms with Crippen LogP contribution in [0.15, 0.2) is 48.1 Å². The molecular formula is C28H32BrN5O2S. The summed E-state index contributed by atoms with van der Waals surface area (Å²) in [6.45, 7) is 8.45. The summed E-state index contributed by atoms with van der Waals surface area (Å²) in [6, 6.07) is 12.7. The number of rotatable bonds is 11. The third kappa shape index (κ3) is 5.50. The number of thiazole rings is 1. The predicted molar refractivity (Wildman–Crippen MR) is 154 cm³/mol. The van der Waals surface area contributed by atoms with Crippen molar-refractivity contribution >= 4 is 48.5 Å². The largest absolute Gasteiger partial charge is 0.383 e. The fourth-order valence-electron chi connectivity index (χ4n) is 4.41. The SMILES string of the molecule is COCCn1c(-c2cnc(-c3ccc4scnc4c3)[nH]2)nc2cc(C(C)(C)OCC(C)CCBr)ccc21. The quantitative estimate of drug-likeness (QED) is 0.169. The molecule has 0 saturated carbocycles. The van der Waals surface area contributed by atoms with Crippen LogP contribution in [0.3, 0.4) is 0 Å². The number of H-pyrrole nitrogens is 1. The van der Waals surface area contributed by atoms with Crippen molar-refractivity contribution < 1.29 is 9.47 Å². The molecule has 0 aliphatic heterocycles. The second kappa shape index (κ2) is 11.0. The van der Waals surface area contributed by atoms with Gasteiger partial charge in [-0.15, -0.1) is 11.3 Å². The standard InChI is InChI=1S/C28H32BrN5O2S/c1-18(9-10-29)16-36-28(2,3)20-6-7-24-21(14-20)33-27(34(24)11-12-35-4)23-15-30-26(32-23)19-5-8-25-22(13-19)31-17-37-25/h5-8,13-15,17-18H,9-12,16H2,1-4H3,(H,30,32). The molecule has 3 heterocycles. The number of hydrogen-bond acceptors (Lipinski definition) is 6. The van der Waals surface area contributed by atoms with Crippen LogP contribution >= 0.6 is 27.3 Å². The Labute approximate surface area is 229 Å². The summed E-state index contributed by atoms with van der Waals surface area (Å²) in [4.78, 5) is 17.6. The Bertz CT molecular complexity index is 1510. The molecule has 1 unspecified atom stereocenters. The van der Waals surface area contributed by atoms with E-state index in [1.165, 1.54) is 0 Å². The monoisotopic (exact) mass is 581 g/mol. The van der Waals surface area contributed by atoms with Crippen LogP contribution in [0.4, 0.5) is 0 Å². The molecule has 0 bridgehead atoms. The molecule has 5 rings (SSSR count). The zero-order valence-corrected chi connectivity index (χ0v) is 24.0. The lowest BCUT2D eigenvalue weighted by molar-refractivity contribution is -0.0373. The summed E-state index contributed by atoms with van der Waals surface area (Å²) in [6.07, 6.45) is 2.94. The van der Waals surface area contributed by atoms with Gasteiger partial charge in [-0.25, -0.2) is 15.0 Å². The lowest BCUT2D eigenvalue weighted by Crippen LogP contribution is -2.24. The first-order valence-electron chi connectivity index (χ1n) is 12.5. The number of ether oxygens (including phenoxy) is 2. The Balaban J connectivity index is 1.48. The van der Waals surface area contributed by atoms with Crippen LogP contribution in [0.2, 0.25) is 0 Å². The highest BCUT2D eigenvalue weighted by molar-refractivity contribution is 9.09. The number of aromatic amines is 1. The van der Waals surface area contributed by atoms with Gasteiger partial charge in [-0.05, 0) is 62.1 Å². The predicted octanol–water partition coefficient (Wildman–Crippen LogP) is 7.02. The first-order valence-corrected chi connectivity index (χ1v) is 14.5. The smallest absolute Gasteiger partial charge is 0.159 e. The van der Waals surface area contributed by atoms with E-state index in [0.29, 0.717) is 25.7 Å². The van der Waals surface area contributed by atoms with Crippen molar-refractivity contribution in [1.82, 2.24) is 24.5 Å². The summed E-state index contributed by atoms with van der Waals surface area (Å²) in [5, 5.41) is 0.987. The Kier molecular flexibility index (Phi) is 7.76. The normalized spacial score (nSPS) is 13.1. The molecule has 3 aromatic heterocycles. The van der Waals surface area contributed by atoms with Crippen LogP contribution in [0.1, 0.15) is 32.8 Å². The van der Waals surface area contributed by atoms with Crippen LogP contribution < -0.4 is 0 Å². The maximum Gasteiger partial charge on any atom is 0.159 e. The van der Waals surface area contributed by atoms with Gasteiger partial charge < -0.3 is 19.0 Å². The fraction of sp³-hybridized carbons (Fsp3) is 0.393. The maximum absolute atomic E-state index is 6.35. The van der Waals surface area contributed by atoms with Crippen molar-refractivity contribution in [3.8, 4) is 22.9 Å². The Morgan fingerprint density at radius 2 is 2.00 bits per heavy atom. The first kappa shape index (κ1) is 26.0. The van der Waals surface area contributed by atoms with Gasteiger partial charge in [0.15, 0.2) is 5.82 Å². The van der Waals surface area contributed by atoms with Crippen molar-refractivity contribution in [2.75, 3.05) is 25.7 Å². The average Bonchev–Trinajstić information content (AvgIpc) is 3.64. The number of aromatic nitrogens is 5.